The van der Waals surface area contributed by atoms with Gasteiger partial charge in [-0.1, -0.05) is 51.0 Å². The van der Waals surface area contributed by atoms with E-state index in [0.29, 0.717) is 36.0 Å². The van der Waals surface area contributed by atoms with Crippen molar-refractivity contribution in [2.75, 3.05) is 0 Å². The predicted octanol–water partition coefficient (Wildman–Crippen LogP) is 6.85. The summed E-state index contributed by atoms with van der Waals surface area (Å²) in [6.07, 6.45) is 14.0. The molecule has 0 aromatic heterocycles. The van der Waals surface area contributed by atoms with Crippen LogP contribution in [-0.4, -0.2) is 34.9 Å². The van der Waals surface area contributed by atoms with E-state index in [4.69, 9.17) is 9.47 Å². The third-order valence-electron chi connectivity index (χ3n) is 9.04. The molecule has 3 aliphatic carbocycles. The molecule has 0 saturated heterocycles. The Hall–Kier alpha value is -1.88. The van der Waals surface area contributed by atoms with E-state index >= 15 is 0 Å². The Bertz CT molecular complexity index is 891. The highest BCUT2D eigenvalue weighted by atomic mass is 16.6. The molecule has 6 atom stereocenters. The molecular formula is C31H48O5. The Morgan fingerprint density at radius 3 is 2.53 bits per heavy atom. The van der Waals surface area contributed by atoms with Crippen molar-refractivity contribution in [1.82, 2.24) is 0 Å². The van der Waals surface area contributed by atoms with Gasteiger partial charge in [-0.3, -0.25) is 9.59 Å². The van der Waals surface area contributed by atoms with Gasteiger partial charge in [-0.05, 0) is 86.7 Å². The molecule has 0 spiro atoms. The summed E-state index contributed by atoms with van der Waals surface area (Å²) in [5.74, 6) is 1.30. The summed E-state index contributed by atoms with van der Waals surface area (Å²) in [7, 11) is 0. The van der Waals surface area contributed by atoms with Gasteiger partial charge in [0, 0.05) is 26.7 Å². The SMILES string of the molecule is C=C1/C(=C\C=C2/CCC[C@@]3(C)C2CCC3C(C)CCCC(C)(C)O)CC(OC(C)=O)C[C@@H]1OC(C)=O. The number of esters is 2. The molecule has 36 heavy (non-hydrogen) atoms. The lowest BCUT2D eigenvalue weighted by molar-refractivity contribution is -0.152. The fourth-order valence-electron chi connectivity index (χ4n) is 7.35. The Balaban J connectivity index is 1.75. The number of hydrogen-bond donors (Lipinski definition) is 1. The Kier molecular flexibility index (Phi) is 9.30. The third kappa shape index (κ3) is 7.12. The van der Waals surface area contributed by atoms with E-state index < -0.39 is 11.7 Å². The van der Waals surface area contributed by atoms with Crippen LogP contribution in [0.25, 0.3) is 0 Å². The minimum atomic E-state index is -0.581. The number of carbonyl (C=O) groups excluding carboxylic acids is 2. The fourth-order valence-corrected chi connectivity index (χ4v) is 7.35. The van der Waals surface area contributed by atoms with E-state index in [1.54, 1.807) is 0 Å². The van der Waals surface area contributed by atoms with Crippen LogP contribution in [0.1, 0.15) is 106 Å². The van der Waals surface area contributed by atoms with Crippen molar-refractivity contribution in [3.05, 3.63) is 35.5 Å². The lowest BCUT2D eigenvalue weighted by Gasteiger charge is -2.44. The number of rotatable bonds is 8. The lowest BCUT2D eigenvalue weighted by Crippen LogP contribution is -2.36. The summed E-state index contributed by atoms with van der Waals surface area (Å²) in [5, 5.41) is 10.1. The molecule has 3 rings (SSSR count). The van der Waals surface area contributed by atoms with E-state index in [2.05, 4.69) is 32.6 Å². The first-order valence-electron chi connectivity index (χ1n) is 14.0. The van der Waals surface area contributed by atoms with Crippen LogP contribution >= 0.6 is 0 Å². The maximum absolute atomic E-state index is 11.6. The standard InChI is InChI=1S/C31H48O5/c1-20(10-8-16-30(5,6)34)27-14-15-28-24(11-9-17-31(27,28)7)12-13-25-18-26(35-22(3)32)19-29(21(25)2)36-23(4)33/h12-13,20,26-29,34H,2,8-11,14-19H2,1,3-7H3/b24-12+,25-13-/t20?,26?,27?,28?,29-,31+/m0/s1. The first-order valence-corrected chi connectivity index (χ1v) is 14.0. The van der Waals surface area contributed by atoms with Gasteiger partial charge in [0.15, 0.2) is 0 Å². The van der Waals surface area contributed by atoms with E-state index in [0.717, 1.165) is 30.4 Å². The van der Waals surface area contributed by atoms with Crippen LogP contribution in [0.15, 0.2) is 35.5 Å². The molecule has 0 heterocycles. The van der Waals surface area contributed by atoms with Gasteiger partial charge in [0.25, 0.3) is 0 Å². The second kappa shape index (κ2) is 11.7. The summed E-state index contributed by atoms with van der Waals surface area (Å²) in [6, 6.07) is 0. The molecule has 1 N–H and O–H groups in total. The number of allylic oxidation sites excluding steroid dienone is 3. The zero-order chi connectivity index (χ0) is 26.7. The van der Waals surface area contributed by atoms with Crippen LogP contribution in [0.2, 0.25) is 0 Å². The van der Waals surface area contributed by atoms with Gasteiger partial charge in [0.2, 0.25) is 0 Å². The molecule has 3 saturated carbocycles. The van der Waals surface area contributed by atoms with Crippen molar-refractivity contribution in [3.8, 4) is 0 Å². The smallest absolute Gasteiger partial charge is 0.303 e. The molecule has 3 aliphatic rings. The molecule has 0 aliphatic heterocycles. The minimum Gasteiger partial charge on any atom is -0.462 e. The van der Waals surface area contributed by atoms with Crippen molar-refractivity contribution < 1.29 is 24.2 Å². The molecule has 0 aromatic carbocycles. The van der Waals surface area contributed by atoms with Crippen LogP contribution < -0.4 is 0 Å². The molecule has 0 radical (unpaired) electrons. The summed E-state index contributed by atoms with van der Waals surface area (Å²) in [4.78, 5) is 23.2. The Morgan fingerprint density at radius 1 is 1.19 bits per heavy atom. The van der Waals surface area contributed by atoms with Gasteiger partial charge in [-0.2, -0.15) is 0 Å². The molecular weight excluding hydrogens is 452 g/mol. The monoisotopic (exact) mass is 500 g/mol. The molecule has 0 bridgehead atoms. The van der Waals surface area contributed by atoms with Crippen LogP contribution in [-0.2, 0) is 19.1 Å². The van der Waals surface area contributed by atoms with Gasteiger partial charge < -0.3 is 14.6 Å². The van der Waals surface area contributed by atoms with Crippen molar-refractivity contribution in [1.29, 1.82) is 0 Å². The van der Waals surface area contributed by atoms with Crippen molar-refractivity contribution >= 4 is 11.9 Å². The van der Waals surface area contributed by atoms with Crippen LogP contribution in [0, 0.1) is 23.2 Å². The number of carbonyl (C=O) groups is 2. The van der Waals surface area contributed by atoms with Crippen LogP contribution in [0.5, 0.6) is 0 Å². The van der Waals surface area contributed by atoms with E-state index in [9.17, 15) is 14.7 Å². The van der Waals surface area contributed by atoms with Crippen molar-refractivity contribution in [2.45, 2.75) is 124 Å². The van der Waals surface area contributed by atoms with Gasteiger partial charge in [-0.25, -0.2) is 0 Å². The maximum Gasteiger partial charge on any atom is 0.303 e. The average molecular weight is 501 g/mol. The van der Waals surface area contributed by atoms with Crippen molar-refractivity contribution in [2.24, 2.45) is 23.2 Å². The maximum atomic E-state index is 11.6. The number of fused-ring (bicyclic) bond motifs is 1. The molecule has 0 amide bonds. The first-order chi connectivity index (χ1) is 16.8. The molecule has 5 nitrogen and oxygen atoms in total. The summed E-state index contributed by atoms with van der Waals surface area (Å²) >= 11 is 0. The number of ether oxygens (including phenoxy) is 2. The van der Waals surface area contributed by atoms with E-state index in [1.165, 1.54) is 51.5 Å². The second-order valence-corrected chi connectivity index (χ2v) is 12.5. The molecule has 5 heteroatoms. The normalized spacial score (nSPS) is 33.9. The third-order valence-corrected chi connectivity index (χ3v) is 9.04. The van der Waals surface area contributed by atoms with E-state index in [-0.39, 0.29) is 18.0 Å². The second-order valence-electron chi connectivity index (χ2n) is 12.5. The minimum absolute atomic E-state index is 0.306. The predicted molar refractivity (Wildman–Crippen MR) is 143 cm³/mol. The molecule has 0 aromatic rings. The fraction of sp³-hybridized carbons (Fsp3) is 0.742. The highest BCUT2D eigenvalue weighted by molar-refractivity contribution is 5.67. The zero-order valence-corrected chi connectivity index (χ0v) is 23.4. The average Bonchev–Trinajstić information content (AvgIpc) is 3.10. The quantitative estimate of drug-likeness (QED) is 0.369. The number of aliphatic hydroxyl groups is 1. The van der Waals surface area contributed by atoms with E-state index in [1.807, 2.05) is 13.8 Å². The highest BCUT2D eigenvalue weighted by Gasteiger charge is 2.50. The summed E-state index contributed by atoms with van der Waals surface area (Å²) < 4.78 is 11.0. The molecule has 4 unspecified atom stereocenters. The van der Waals surface area contributed by atoms with Crippen molar-refractivity contribution in [3.63, 3.8) is 0 Å². The summed E-state index contributed by atoms with van der Waals surface area (Å²) in [6.45, 7) is 15.8. The number of hydrogen-bond acceptors (Lipinski definition) is 5. The van der Waals surface area contributed by atoms with Crippen LogP contribution in [0.3, 0.4) is 0 Å². The Morgan fingerprint density at radius 2 is 1.89 bits per heavy atom. The topological polar surface area (TPSA) is 72.8 Å². The van der Waals surface area contributed by atoms with Crippen LogP contribution in [0.4, 0.5) is 0 Å². The largest absolute Gasteiger partial charge is 0.462 e. The van der Waals surface area contributed by atoms with Gasteiger partial charge >= 0.3 is 11.9 Å². The molecule has 202 valence electrons. The Labute approximate surface area is 218 Å². The first kappa shape index (κ1) is 28.7. The molecule has 3 fully saturated rings. The lowest BCUT2D eigenvalue weighted by atomic mass is 9.60. The van der Waals surface area contributed by atoms with Gasteiger partial charge in [-0.15, -0.1) is 0 Å². The summed E-state index contributed by atoms with van der Waals surface area (Å²) in [5.41, 5.74) is 3.08. The van der Waals surface area contributed by atoms with Gasteiger partial charge in [0.05, 0.1) is 5.60 Å². The highest BCUT2D eigenvalue weighted by Crippen LogP contribution is 2.60. The van der Waals surface area contributed by atoms with Gasteiger partial charge in [0.1, 0.15) is 12.2 Å². The zero-order valence-electron chi connectivity index (χ0n) is 23.4.